The number of aliphatic hydroxyl groups excluding tert-OH is 1. The van der Waals surface area contributed by atoms with E-state index in [2.05, 4.69) is 20.2 Å². The summed E-state index contributed by atoms with van der Waals surface area (Å²) in [5, 5.41) is 18.9. The first-order chi connectivity index (χ1) is 18.3. The third-order valence-electron chi connectivity index (χ3n) is 5.36. The summed E-state index contributed by atoms with van der Waals surface area (Å²) < 4.78 is 47.5. The molecule has 16 heteroatoms. The van der Waals surface area contributed by atoms with E-state index >= 15 is 0 Å². The summed E-state index contributed by atoms with van der Waals surface area (Å²) in [6.07, 6.45) is -7.29. The molecule has 11 nitrogen and oxygen atoms in total. The van der Waals surface area contributed by atoms with Gasteiger partial charge in [-0.25, -0.2) is 19.4 Å². The zero-order chi connectivity index (χ0) is 28.5. The van der Waals surface area contributed by atoms with E-state index in [9.17, 15) is 27.9 Å². The van der Waals surface area contributed by atoms with Gasteiger partial charge in [-0.15, -0.1) is 10.2 Å². The molecular formula is C23H20Cl2F3N7O4. The fraction of sp³-hybridized carbons (Fsp3) is 0.304. The number of rotatable bonds is 8. The topological polar surface area (TPSA) is 130 Å². The highest BCUT2D eigenvalue weighted by Crippen LogP contribution is 2.24. The number of nitrogens with zero attached hydrogens (tertiary/aromatic N) is 7. The minimum Gasteiger partial charge on any atom is -0.455 e. The van der Waals surface area contributed by atoms with Crippen molar-refractivity contribution in [2.24, 2.45) is 0 Å². The van der Waals surface area contributed by atoms with Crippen LogP contribution in [0.3, 0.4) is 0 Å². The summed E-state index contributed by atoms with van der Waals surface area (Å²) >= 11 is 11.8. The van der Waals surface area contributed by atoms with Crippen LogP contribution in [0.4, 0.5) is 13.2 Å². The molecule has 2 unspecified atom stereocenters. The number of ether oxygens (including phenoxy) is 1. The summed E-state index contributed by atoms with van der Waals surface area (Å²) in [4.78, 5) is 33.3. The lowest BCUT2D eigenvalue weighted by atomic mass is 10.2. The number of aromatic nitrogens is 7. The van der Waals surface area contributed by atoms with Crippen molar-refractivity contribution in [1.82, 2.24) is 34.1 Å². The van der Waals surface area contributed by atoms with Gasteiger partial charge in [0.15, 0.2) is 35.5 Å². The average Bonchev–Trinajstić information content (AvgIpc) is 3.41. The van der Waals surface area contributed by atoms with Crippen molar-refractivity contribution in [2.75, 3.05) is 0 Å². The van der Waals surface area contributed by atoms with Crippen LogP contribution in [-0.4, -0.2) is 57.5 Å². The SMILES string of the molecule is CC(=O)OC(C)c1nc(Cn2nc(-c3ccc(Cl)cc3)n(CC(O)C(F)(F)F)c2=O)nn1-c1ccc(Cl)cn1. The molecule has 0 amide bonds. The van der Waals surface area contributed by atoms with E-state index in [1.807, 2.05) is 0 Å². The van der Waals surface area contributed by atoms with Gasteiger partial charge in [0, 0.05) is 23.7 Å². The summed E-state index contributed by atoms with van der Waals surface area (Å²) in [5.74, 6) is -0.250. The summed E-state index contributed by atoms with van der Waals surface area (Å²) in [5.41, 5.74) is -0.656. The van der Waals surface area contributed by atoms with Gasteiger partial charge in [0.2, 0.25) is 0 Å². The van der Waals surface area contributed by atoms with Crippen LogP contribution < -0.4 is 5.69 Å². The highest BCUT2D eigenvalue weighted by molar-refractivity contribution is 6.30. The molecule has 39 heavy (non-hydrogen) atoms. The Morgan fingerprint density at radius 3 is 2.36 bits per heavy atom. The van der Waals surface area contributed by atoms with Crippen LogP contribution in [0.25, 0.3) is 17.2 Å². The molecule has 0 aliphatic carbocycles. The maximum absolute atomic E-state index is 13.2. The average molecular weight is 586 g/mol. The van der Waals surface area contributed by atoms with E-state index < -0.39 is 36.6 Å². The second-order valence-corrected chi connectivity index (χ2v) is 9.20. The molecule has 0 saturated heterocycles. The van der Waals surface area contributed by atoms with Gasteiger partial charge in [-0.05, 0) is 43.3 Å². The number of benzene rings is 1. The van der Waals surface area contributed by atoms with Crippen molar-refractivity contribution in [3.05, 3.63) is 74.8 Å². The van der Waals surface area contributed by atoms with Gasteiger partial charge in [-0.2, -0.15) is 17.9 Å². The van der Waals surface area contributed by atoms with Crippen LogP contribution in [0, 0.1) is 0 Å². The largest absolute Gasteiger partial charge is 0.455 e. The molecule has 2 atom stereocenters. The van der Waals surface area contributed by atoms with E-state index in [0.29, 0.717) is 14.6 Å². The minimum atomic E-state index is -4.97. The fourth-order valence-corrected chi connectivity index (χ4v) is 3.83. The van der Waals surface area contributed by atoms with Gasteiger partial charge in [0.05, 0.1) is 11.6 Å². The van der Waals surface area contributed by atoms with E-state index in [1.54, 1.807) is 19.1 Å². The van der Waals surface area contributed by atoms with Gasteiger partial charge in [0.1, 0.15) is 6.54 Å². The molecule has 0 spiro atoms. The van der Waals surface area contributed by atoms with Crippen LogP contribution in [0.15, 0.2) is 47.4 Å². The smallest absolute Gasteiger partial charge is 0.416 e. The molecule has 0 bridgehead atoms. The molecule has 4 rings (SSSR count). The Kier molecular flexibility index (Phi) is 8.09. The van der Waals surface area contributed by atoms with Crippen molar-refractivity contribution in [2.45, 2.75) is 45.3 Å². The Hall–Kier alpha value is -3.75. The van der Waals surface area contributed by atoms with Crippen molar-refractivity contribution >= 4 is 29.2 Å². The molecule has 0 aliphatic heterocycles. The molecule has 0 saturated carbocycles. The Morgan fingerprint density at radius 2 is 1.77 bits per heavy atom. The maximum atomic E-state index is 13.2. The van der Waals surface area contributed by atoms with Crippen LogP contribution in [-0.2, 0) is 22.6 Å². The Morgan fingerprint density at radius 1 is 1.10 bits per heavy atom. The van der Waals surface area contributed by atoms with Crippen LogP contribution in [0.1, 0.15) is 31.6 Å². The molecule has 1 aromatic carbocycles. The molecule has 4 aromatic rings. The van der Waals surface area contributed by atoms with Crippen molar-refractivity contribution in [3.63, 3.8) is 0 Å². The number of pyridine rings is 1. The molecule has 0 fully saturated rings. The first-order valence-electron chi connectivity index (χ1n) is 11.3. The molecular weight excluding hydrogens is 566 g/mol. The molecule has 1 N–H and O–H groups in total. The minimum absolute atomic E-state index is 0.0199. The summed E-state index contributed by atoms with van der Waals surface area (Å²) in [7, 11) is 0. The van der Waals surface area contributed by atoms with Crippen molar-refractivity contribution in [1.29, 1.82) is 0 Å². The van der Waals surface area contributed by atoms with E-state index in [4.69, 9.17) is 27.9 Å². The first kappa shape index (κ1) is 28.3. The second kappa shape index (κ2) is 11.2. The Labute approximate surface area is 228 Å². The lowest BCUT2D eigenvalue weighted by molar-refractivity contribution is -0.207. The van der Waals surface area contributed by atoms with Crippen molar-refractivity contribution < 1.29 is 27.8 Å². The van der Waals surface area contributed by atoms with E-state index in [1.165, 1.54) is 42.1 Å². The number of carbonyl (C=O) groups is 1. The zero-order valence-electron chi connectivity index (χ0n) is 20.3. The first-order valence-corrected chi connectivity index (χ1v) is 12.0. The molecule has 3 heterocycles. The third kappa shape index (κ3) is 6.46. The van der Waals surface area contributed by atoms with Gasteiger partial charge >= 0.3 is 17.8 Å². The second-order valence-electron chi connectivity index (χ2n) is 8.32. The maximum Gasteiger partial charge on any atom is 0.416 e. The summed E-state index contributed by atoms with van der Waals surface area (Å²) in [6.45, 7) is 1.32. The van der Waals surface area contributed by atoms with E-state index in [-0.39, 0.29) is 35.4 Å². The number of esters is 1. The molecule has 3 aromatic heterocycles. The fourth-order valence-electron chi connectivity index (χ4n) is 3.59. The van der Waals surface area contributed by atoms with Gasteiger partial charge < -0.3 is 9.84 Å². The normalized spacial score (nSPS) is 13.3. The lowest BCUT2D eigenvalue weighted by Gasteiger charge is -2.15. The molecule has 0 radical (unpaired) electrons. The molecule has 206 valence electrons. The standard InChI is InChI=1S/C23H20Cl2F3N7O4/c1-12(39-13(2)36)20-30-18(31-35(20)19-8-7-16(25)9-29-19)11-34-22(38)33(10-17(37)23(26,27)28)21(32-34)14-3-5-15(24)6-4-14/h3-9,12,17,37H,10-11H2,1-2H3. The zero-order valence-corrected chi connectivity index (χ0v) is 21.8. The highest BCUT2D eigenvalue weighted by atomic mass is 35.5. The van der Waals surface area contributed by atoms with E-state index in [0.717, 1.165) is 4.68 Å². The molecule has 0 aliphatic rings. The van der Waals surface area contributed by atoms with Gasteiger partial charge in [-0.3, -0.25) is 9.36 Å². The monoisotopic (exact) mass is 585 g/mol. The van der Waals surface area contributed by atoms with Gasteiger partial charge in [0.25, 0.3) is 0 Å². The highest BCUT2D eigenvalue weighted by Gasteiger charge is 2.39. The summed E-state index contributed by atoms with van der Waals surface area (Å²) in [6, 6.07) is 9.02. The van der Waals surface area contributed by atoms with Crippen molar-refractivity contribution in [3.8, 4) is 17.2 Å². The predicted octanol–water partition coefficient (Wildman–Crippen LogP) is 3.59. The van der Waals surface area contributed by atoms with Crippen LogP contribution in [0.2, 0.25) is 10.0 Å². The lowest BCUT2D eigenvalue weighted by Crippen LogP contribution is -2.37. The predicted molar refractivity (Wildman–Crippen MR) is 132 cm³/mol. The number of aliphatic hydroxyl groups is 1. The van der Waals surface area contributed by atoms with Crippen LogP contribution in [0.5, 0.6) is 0 Å². The quantitative estimate of drug-likeness (QED) is 0.310. The Bertz CT molecular complexity index is 1530. The van der Waals surface area contributed by atoms with Gasteiger partial charge in [-0.1, -0.05) is 23.2 Å². The number of hydrogen-bond acceptors (Lipinski definition) is 8. The number of hydrogen-bond donors (Lipinski definition) is 1. The number of carbonyl (C=O) groups excluding carboxylic acids is 1. The van der Waals surface area contributed by atoms with Crippen LogP contribution >= 0.6 is 23.2 Å². The third-order valence-corrected chi connectivity index (χ3v) is 5.84. The Balaban J connectivity index is 1.77. The number of halogens is 5. The number of alkyl halides is 3.